The molecule has 2 rings (SSSR count). The fraction of sp³-hybridized carbons (Fsp3) is 0.533. The summed E-state index contributed by atoms with van der Waals surface area (Å²) in [6.07, 6.45) is 4.00. The number of thiophene rings is 1. The number of aliphatic imine (C=N–C) groups is 1. The quantitative estimate of drug-likeness (QED) is 0.748. The lowest BCUT2D eigenvalue weighted by molar-refractivity contribution is 0.0323. The van der Waals surface area contributed by atoms with Gasteiger partial charge in [-0.05, 0) is 46.5 Å². The molecule has 0 bridgehead atoms. The van der Waals surface area contributed by atoms with Crippen molar-refractivity contribution in [1.82, 2.24) is 4.90 Å². The number of hydrogen-bond acceptors (Lipinski definition) is 5. The molecule has 0 aromatic carbocycles. The molecule has 0 amide bonds. The van der Waals surface area contributed by atoms with Crippen LogP contribution in [0.3, 0.4) is 0 Å². The van der Waals surface area contributed by atoms with Gasteiger partial charge in [0.05, 0.1) is 14.4 Å². The van der Waals surface area contributed by atoms with Crippen LogP contribution in [0.15, 0.2) is 20.4 Å². The van der Waals surface area contributed by atoms with Crippen LogP contribution in [0.4, 0.5) is 5.69 Å². The molecule has 1 aromatic heterocycles. The first-order valence-electron chi connectivity index (χ1n) is 7.30. The normalized spacial score (nSPS) is 16.2. The van der Waals surface area contributed by atoms with E-state index in [4.69, 9.17) is 5.73 Å². The molecule has 3 N–H and O–H groups in total. The van der Waals surface area contributed by atoms with Crippen LogP contribution in [0.25, 0.3) is 6.08 Å². The highest BCUT2D eigenvalue weighted by molar-refractivity contribution is 9.11. The molecule has 6 heteroatoms. The Morgan fingerprint density at radius 2 is 2.10 bits per heavy atom. The first kappa shape index (κ1) is 16.7. The third-order valence-electron chi connectivity index (χ3n) is 3.38. The summed E-state index contributed by atoms with van der Waals surface area (Å²) in [5, 5.41) is 10.7. The van der Waals surface area contributed by atoms with E-state index in [1.165, 1.54) is 0 Å². The largest absolute Gasteiger partial charge is 0.387 e. The third-order valence-corrected chi connectivity index (χ3v) is 4.95. The summed E-state index contributed by atoms with van der Waals surface area (Å²) >= 11 is 5.09. The lowest BCUT2D eigenvalue weighted by Gasteiger charge is -2.28. The number of nitrogens with zero attached hydrogens (tertiary/aromatic N) is 2. The topological polar surface area (TPSA) is 61.8 Å². The van der Waals surface area contributed by atoms with Gasteiger partial charge in [0.25, 0.3) is 0 Å². The van der Waals surface area contributed by atoms with Crippen molar-refractivity contribution >= 4 is 44.9 Å². The average molecular weight is 372 g/mol. The number of fused-ring (bicyclic) bond motifs is 1. The molecule has 2 heterocycles. The van der Waals surface area contributed by atoms with Crippen LogP contribution in [-0.4, -0.2) is 35.2 Å². The molecule has 1 aromatic rings. The Kier molecular flexibility index (Phi) is 5.98. The number of halogens is 1. The maximum Gasteiger partial charge on any atom is 0.130 e. The predicted molar refractivity (Wildman–Crippen MR) is 94.1 cm³/mol. The SMILES string of the molecule is CCCN(CCC)C(O)C1=Cc2sc(Br)cc2N=C(N)C1. The van der Waals surface area contributed by atoms with E-state index in [9.17, 15) is 5.11 Å². The Bertz CT molecular complexity index is 547. The summed E-state index contributed by atoms with van der Waals surface area (Å²) in [6.45, 7) is 6.01. The first-order chi connectivity index (χ1) is 10.0. The van der Waals surface area contributed by atoms with Gasteiger partial charge >= 0.3 is 0 Å². The summed E-state index contributed by atoms with van der Waals surface area (Å²) in [7, 11) is 0. The van der Waals surface area contributed by atoms with E-state index >= 15 is 0 Å². The highest BCUT2D eigenvalue weighted by atomic mass is 79.9. The Morgan fingerprint density at radius 3 is 2.71 bits per heavy atom. The Labute approximate surface area is 138 Å². The highest BCUT2D eigenvalue weighted by Gasteiger charge is 2.22. The van der Waals surface area contributed by atoms with Gasteiger partial charge in [0.1, 0.15) is 12.1 Å². The second-order valence-corrected chi connectivity index (χ2v) is 7.67. The van der Waals surface area contributed by atoms with Gasteiger partial charge < -0.3 is 10.8 Å². The summed E-state index contributed by atoms with van der Waals surface area (Å²) in [5.74, 6) is 0.553. The first-order valence-corrected chi connectivity index (χ1v) is 8.91. The number of aliphatic hydroxyl groups excluding tert-OH is 1. The molecule has 116 valence electrons. The van der Waals surface area contributed by atoms with Crippen LogP contribution in [-0.2, 0) is 0 Å². The van der Waals surface area contributed by atoms with Crippen LogP contribution < -0.4 is 5.73 Å². The number of amidine groups is 1. The second-order valence-electron chi connectivity index (χ2n) is 5.21. The molecular formula is C15H22BrN3OS. The fourth-order valence-corrected chi connectivity index (χ4v) is 4.05. The lowest BCUT2D eigenvalue weighted by Crippen LogP contribution is -2.38. The Morgan fingerprint density at radius 1 is 1.43 bits per heavy atom. The minimum Gasteiger partial charge on any atom is -0.387 e. The van der Waals surface area contributed by atoms with Crippen LogP contribution in [0.5, 0.6) is 0 Å². The minimum absolute atomic E-state index is 0.518. The lowest BCUT2D eigenvalue weighted by atomic mass is 10.1. The van der Waals surface area contributed by atoms with Crippen LogP contribution in [0, 0.1) is 0 Å². The summed E-state index contributed by atoms with van der Waals surface area (Å²) in [5.41, 5.74) is 7.81. The van der Waals surface area contributed by atoms with E-state index in [0.717, 1.165) is 45.9 Å². The van der Waals surface area contributed by atoms with Gasteiger partial charge in [0, 0.05) is 19.5 Å². The van der Waals surface area contributed by atoms with Crippen LogP contribution in [0.2, 0.25) is 0 Å². The molecule has 0 radical (unpaired) electrons. The molecule has 21 heavy (non-hydrogen) atoms. The number of aliphatic hydroxyl groups is 1. The molecule has 1 atom stereocenters. The molecule has 0 saturated heterocycles. The van der Waals surface area contributed by atoms with Crippen LogP contribution in [0.1, 0.15) is 38.0 Å². The van der Waals surface area contributed by atoms with E-state index in [1.54, 1.807) is 11.3 Å². The zero-order chi connectivity index (χ0) is 15.4. The van der Waals surface area contributed by atoms with Gasteiger partial charge in [-0.1, -0.05) is 13.8 Å². The van der Waals surface area contributed by atoms with Crippen molar-refractivity contribution in [2.45, 2.75) is 39.3 Å². The zero-order valence-electron chi connectivity index (χ0n) is 12.5. The van der Waals surface area contributed by atoms with Gasteiger partial charge in [-0.15, -0.1) is 11.3 Å². The fourth-order valence-electron chi connectivity index (χ4n) is 2.51. The van der Waals surface area contributed by atoms with E-state index in [0.29, 0.717) is 12.3 Å². The molecule has 0 spiro atoms. The monoisotopic (exact) mass is 371 g/mol. The van der Waals surface area contributed by atoms with Crippen molar-refractivity contribution in [3.05, 3.63) is 20.3 Å². The zero-order valence-corrected chi connectivity index (χ0v) is 14.9. The molecule has 1 aliphatic heterocycles. The Balaban J connectivity index is 2.29. The highest BCUT2D eigenvalue weighted by Crippen LogP contribution is 2.37. The number of rotatable bonds is 6. The molecular weight excluding hydrogens is 350 g/mol. The molecule has 0 fully saturated rings. The van der Waals surface area contributed by atoms with Gasteiger partial charge in [-0.2, -0.15) is 0 Å². The van der Waals surface area contributed by atoms with Gasteiger partial charge in [0.15, 0.2) is 0 Å². The standard InChI is InChI=1S/C15H22BrN3OS/c1-3-5-19(6-4-2)15(20)10-7-12-11(9-13(16)21-12)18-14(17)8-10/h7,9,15,20H,3-6,8H2,1-2H3,(H2,17,18). The van der Waals surface area contributed by atoms with Gasteiger partial charge in [-0.3, -0.25) is 4.90 Å². The van der Waals surface area contributed by atoms with E-state index in [-0.39, 0.29) is 0 Å². The van der Waals surface area contributed by atoms with Crippen molar-refractivity contribution in [3.63, 3.8) is 0 Å². The Hall–Kier alpha value is -0.690. The van der Waals surface area contributed by atoms with E-state index in [1.807, 2.05) is 12.1 Å². The average Bonchev–Trinajstić information content (AvgIpc) is 2.68. The predicted octanol–water partition coefficient (Wildman–Crippen LogP) is 3.73. The second kappa shape index (κ2) is 7.54. The van der Waals surface area contributed by atoms with Crippen LogP contribution >= 0.6 is 27.3 Å². The van der Waals surface area contributed by atoms with E-state index < -0.39 is 6.23 Å². The minimum atomic E-state index is -0.592. The van der Waals surface area contributed by atoms with Crippen molar-refractivity contribution in [1.29, 1.82) is 0 Å². The number of nitrogens with two attached hydrogens (primary N) is 1. The smallest absolute Gasteiger partial charge is 0.130 e. The maximum absolute atomic E-state index is 10.7. The van der Waals surface area contributed by atoms with E-state index in [2.05, 4.69) is 39.7 Å². The van der Waals surface area contributed by atoms with Crippen molar-refractivity contribution in [2.24, 2.45) is 10.7 Å². The molecule has 1 unspecified atom stereocenters. The van der Waals surface area contributed by atoms with Crippen molar-refractivity contribution < 1.29 is 5.11 Å². The molecule has 0 saturated carbocycles. The molecule has 1 aliphatic rings. The summed E-state index contributed by atoms with van der Waals surface area (Å²) in [4.78, 5) is 7.59. The van der Waals surface area contributed by atoms with Gasteiger partial charge in [-0.25, -0.2) is 4.99 Å². The van der Waals surface area contributed by atoms with Crippen molar-refractivity contribution in [2.75, 3.05) is 13.1 Å². The van der Waals surface area contributed by atoms with Crippen molar-refractivity contribution in [3.8, 4) is 0 Å². The third kappa shape index (κ3) is 4.16. The summed E-state index contributed by atoms with van der Waals surface area (Å²) < 4.78 is 1.02. The number of hydrogen-bond donors (Lipinski definition) is 2. The molecule has 4 nitrogen and oxygen atoms in total. The summed E-state index contributed by atoms with van der Waals surface area (Å²) in [6, 6.07) is 1.97. The molecule has 0 aliphatic carbocycles. The van der Waals surface area contributed by atoms with Gasteiger partial charge in [0.2, 0.25) is 0 Å². The maximum atomic E-state index is 10.7.